The van der Waals surface area contributed by atoms with Gasteiger partial charge in [0, 0.05) is 42.9 Å². The van der Waals surface area contributed by atoms with Gasteiger partial charge in [-0.3, -0.25) is 0 Å². The van der Waals surface area contributed by atoms with Crippen molar-refractivity contribution in [1.82, 2.24) is 24.9 Å². The molecule has 1 saturated heterocycles. The number of rotatable bonds is 2. The van der Waals surface area contributed by atoms with Crippen molar-refractivity contribution < 1.29 is 0 Å². The number of aryl methyl sites for hydroxylation is 1. The summed E-state index contributed by atoms with van der Waals surface area (Å²) < 4.78 is 1.97. The minimum Gasteiger partial charge on any atom is -0.353 e. The van der Waals surface area contributed by atoms with Crippen LogP contribution >= 0.6 is 0 Å². The zero-order valence-corrected chi connectivity index (χ0v) is 15.0. The van der Waals surface area contributed by atoms with Crippen LogP contribution in [0.2, 0.25) is 0 Å². The molecule has 2 aliphatic rings. The first-order valence-corrected chi connectivity index (χ1v) is 9.35. The number of anilines is 1. The molecule has 1 aliphatic carbocycles. The molecule has 6 nitrogen and oxygen atoms in total. The normalized spacial score (nSPS) is 26.2. The molecule has 2 atom stereocenters. The summed E-state index contributed by atoms with van der Waals surface area (Å²) in [6.07, 6.45) is 6.38. The first-order chi connectivity index (χ1) is 11.6. The smallest absolute Gasteiger partial charge is 0.254 e. The molecule has 6 heteroatoms. The molecule has 1 aliphatic heterocycles. The summed E-state index contributed by atoms with van der Waals surface area (Å²) in [5.74, 6) is 3.39. The molecule has 0 spiro atoms. The van der Waals surface area contributed by atoms with Crippen LogP contribution in [0, 0.1) is 6.92 Å². The molecule has 2 unspecified atom stereocenters. The van der Waals surface area contributed by atoms with Crippen LogP contribution in [0.15, 0.2) is 6.07 Å². The van der Waals surface area contributed by atoms with Crippen molar-refractivity contribution in [2.24, 2.45) is 0 Å². The van der Waals surface area contributed by atoms with Crippen LogP contribution in [-0.2, 0) is 0 Å². The zero-order chi connectivity index (χ0) is 16.7. The summed E-state index contributed by atoms with van der Waals surface area (Å²) in [4.78, 5) is 11.8. The minimum atomic E-state index is 0.471. The number of fused-ring (bicyclic) bond motifs is 1. The highest BCUT2D eigenvalue weighted by Gasteiger charge is 2.26. The average Bonchev–Trinajstić information content (AvgIpc) is 2.97. The summed E-state index contributed by atoms with van der Waals surface area (Å²) >= 11 is 0. The molecule has 0 radical (unpaired) electrons. The van der Waals surface area contributed by atoms with Gasteiger partial charge in [0.2, 0.25) is 0 Å². The van der Waals surface area contributed by atoms with Gasteiger partial charge in [-0.1, -0.05) is 19.3 Å². The van der Waals surface area contributed by atoms with Gasteiger partial charge in [-0.2, -0.15) is 9.50 Å². The Balaban J connectivity index is 1.73. The first kappa shape index (κ1) is 15.8. The summed E-state index contributed by atoms with van der Waals surface area (Å²) in [6.45, 7) is 8.50. The maximum absolute atomic E-state index is 4.88. The molecule has 2 aromatic rings. The highest BCUT2D eigenvalue weighted by atomic mass is 15.4. The molecular formula is C18H28N6. The fourth-order valence-electron chi connectivity index (χ4n) is 4.26. The Morgan fingerprint density at radius 2 is 1.75 bits per heavy atom. The van der Waals surface area contributed by atoms with Crippen LogP contribution < -0.4 is 10.2 Å². The lowest BCUT2D eigenvalue weighted by Crippen LogP contribution is -2.54. The Morgan fingerprint density at radius 3 is 2.46 bits per heavy atom. The molecule has 4 rings (SSSR count). The lowest BCUT2D eigenvalue weighted by atomic mass is 9.89. The minimum absolute atomic E-state index is 0.471. The van der Waals surface area contributed by atoms with Crippen molar-refractivity contribution in [3.63, 3.8) is 0 Å². The third-order valence-corrected chi connectivity index (χ3v) is 5.29. The van der Waals surface area contributed by atoms with Crippen LogP contribution in [0.4, 0.5) is 5.82 Å². The van der Waals surface area contributed by atoms with Crippen LogP contribution in [0.3, 0.4) is 0 Å². The highest BCUT2D eigenvalue weighted by Crippen LogP contribution is 2.31. The van der Waals surface area contributed by atoms with E-state index in [0.717, 1.165) is 36.2 Å². The monoisotopic (exact) mass is 328 g/mol. The average molecular weight is 328 g/mol. The quantitative estimate of drug-likeness (QED) is 0.918. The Morgan fingerprint density at radius 1 is 1.04 bits per heavy atom. The van der Waals surface area contributed by atoms with E-state index in [-0.39, 0.29) is 0 Å². The standard InChI is InChI=1S/C18H28N6/c1-12-9-16(23-10-13(2)19-14(3)11-23)24-18(20-12)21-17(22-24)15-7-5-4-6-8-15/h9,13-15,19H,4-8,10-11H2,1-3H3. The number of nitrogens with zero attached hydrogens (tertiary/aromatic N) is 5. The largest absolute Gasteiger partial charge is 0.353 e. The lowest BCUT2D eigenvalue weighted by Gasteiger charge is -2.37. The summed E-state index contributed by atoms with van der Waals surface area (Å²) in [7, 11) is 0. The number of nitrogens with one attached hydrogen (secondary N) is 1. The highest BCUT2D eigenvalue weighted by molar-refractivity contribution is 5.48. The molecule has 0 bridgehead atoms. The predicted octanol–water partition coefficient (Wildman–Crippen LogP) is 2.67. The van der Waals surface area contributed by atoms with E-state index in [0.29, 0.717) is 18.0 Å². The van der Waals surface area contributed by atoms with E-state index in [1.807, 2.05) is 11.4 Å². The summed E-state index contributed by atoms with van der Waals surface area (Å²) in [5.41, 5.74) is 1.01. The summed E-state index contributed by atoms with van der Waals surface area (Å²) in [5, 5.41) is 8.48. The number of hydrogen-bond acceptors (Lipinski definition) is 5. The van der Waals surface area contributed by atoms with Crippen LogP contribution in [0.25, 0.3) is 5.78 Å². The van der Waals surface area contributed by atoms with E-state index >= 15 is 0 Å². The van der Waals surface area contributed by atoms with Gasteiger partial charge in [-0.05, 0) is 33.6 Å². The Kier molecular flexibility index (Phi) is 4.16. The molecule has 1 N–H and O–H groups in total. The Bertz CT molecular complexity index is 708. The second kappa shape index (κ2) is 6.31. The van der Waals surface area contributed by atoms with E-state index in [1.165, 1.54) is 32.1 Å². The second-order valence-electron chi connectivity index (χ2n) is 7.65. The van der Waals surface area contributed by atoms with Crippen molar-refractivity contribution in [3.8, 4) is 0 Å². The van der Waals surface area contributed by atoms with Crippen molar-refractivity contribution >= 4 is 11.6 Å². The van der Waals surface area contributed by atoms with Crippen LogP contribution in [0.5, 0.6) is 0 Å². The van der Waals surface area contributed by atoms with Gasteiger partial charge < -0.3 is 10.2 Å². The molecule has 0 aromatic carbocycles. The van der Waals surface area contributed by atoms with Crippen LogP contribution in [0.1, 0.15) is 63.4 Å². The van der Waals surface area contributed by atoms with Crippen molar-refractivity contribution in [3.05, 3.63) is 17.6 Å². The Hall–Kier alpha value is -1.69. The van der Waals surface area contributed by atoms with Crippen molar-refractivity contribution in [2.75, 3.05) is 18.0 Å². The van der Waals surface area contributed by atoms with Gasteiger partial charge in [0.1, 0.15) is 5.82 Å². The van der Waals surface area contributed by atoms with E-state index in [9.17, 15) is 0 Å². The van der Waals surface area contributed by atoms with Crippen molar-refractivity contribution in [2.45, 2.75) is 70.9 Å². The molecule has 0 amide bonds. The number of hydrogen-bond donors (Lipinski definition) is 1. The fourth-order valence-corrected chi connectivity index (χ4v) is 4.26. The van der Waals surface area contributed by atoms with E-state index in [2.05, 4.69) is 35.1 Å². The maximum Gasteiger partial charge on any atom is 0.254 e. The van der Waals surface area contributed by atoms with Gasteiger partial charge in [0.25, 0.3) is 5.78 Å². The lowest BCUT2D eigenvalue weighted by molar-refractivity contribution is 0.403. The third kappa shape index (κ3) is 2.99. The fraction of sp³-hybridized carbons (Fsp3) is 0.722. The molecule has 1 saturated carbocycles. The molecule has 130 valence electrons. The Labute approximate surface area is 143 Å². The van der Waals surface area contributed by atoms with Crippen molar-refractivity contribution in [1.29, 1.82) is 0 Å². The molecule has 2 fully saturated rings. The molecule has 24 heavy (non-hydrogen) atoms. The number of aromatic nitrogens is 4. The van der Waals surface area contributed by atoms with Gasteiger partial charge in [0.15, 0.2) is 5.82 Å². The number of piperazine rings is 1. The first-order valence-electron chi connectivity index (χ1n) is 9.35. The SMILES string of the molecule is Cc1cc(N2CC(C)NC(C)C2)n2nc(C3CCCCC3)nc2n1. The topological polar surface area (TPSA) is 58.4 Å². The van der Waals surface area contributed by atoms with Gasteiger partial charge in [0.05, 0.1) is 0 Å². The molecule has 2 aromatic heterocycles. The van der Waals surface area contributed by atoms with Gasteiger partial charge in [-0.15, -0.1) is 5.10 Å². The van der Waals surface area contributed by atoms with E-state index in [4.69, 9.17) is 10.1 Å². The summed E-state index contributed by atoms with van der Waals surface area (Å²) in [6, 6.07) is 3.09. The van der Waals surface area contributed by atoms with E-state index < -0.39 is 0 Å². The zero-order valence-electron chi connectivity index (χ0n) is 15.0. The van der Waals surface area contributed by atoms with Gasteiger partial charge in [-0.25, -0.2) is 4.98 Å². The maximum atomic E-state index is 4.88. The van der Waals surface area contributed by atoms with Gasteiger partial charge >= 0.3 is 0 Å². The van der Waals surface area contributed by atoms with Crippen LogP contribution in [-0.4, -0.2) is 44.8 Å². The molecular weight excluding hydrogens is 300 g/mol. The third-order valence-electron chi connectivity index (χ3n) is 5.29. The van der Waals surface area contributed by atoms with E-state index in [1.54, 1.807) is 0 Å². The second-order valence-corrected chi connectivity index (χ2v) is 7.65. The predicted molar refractivity (Wildman–Crippen MR) is 95.6 cm³/mol. The molecule has 3 heterocycles.